The summed E-state index contributed by atoms with van der Waals surface area (Å²) in [6.45, 7) is 1.54. The Bertz CT molecular complexity index is 472. The van der Waals surface area contributed by atoms with Gasteiger partial charge in [0.1, 0.15) is 0 Å². The fourth-order valence-electron chi connectivity index (χ4n) is 1.49. The molecule has 3 N–H and O–H groups in total. The lowest BCUT2D eigenvalue weighted by atomic mass is 10.3. The van der Waals surface area contributed by atoms with Crippen LogP contribution in [-0.4, -0.2) is 25.1 Å². The summed E-state index contributed by atoms with van der Waals surface area (Å²) in [4.78, 5) is 15.9. The molecule has 0 saturated carbocycles. The number of hydrogen-bond acceptors (Lipinski definition) is 3. The number of aliphatic imine (C=N–C) groups is 1. The van der Waals surface area contributed by atoms with Crippen molar-refractivity contribution in [3.05, 3.63) is 27.7 Å². The number of rotatable bonds is 1. The molecule has 2 amide bonds. The molecule has 1 aliphatic heterocycles. The molecule has 1 aromatic carbocycles. The first-order valence-corrected chi connectivity index (χ1v) is 6.64. The van der Waals surface area contributed by atoms with E-state index in [1.165, 1.54) is 0 Å². The maximum atomic E-state index is 11.8. The third-order valence-electron chi connectivity index (χ3n) is 2.33. The molecule has 2 rings (SSSR count). The van der Waals surface area contributed by atoms with Gasteiger partial charge in [-0.05, 0) is 34.5 Å². The fourth-order valence-corrected chi connectivity index (χ4v) is 2.29. The third-order valence-corrected chi connectivity index (χ3v) is 3.31. The highest BCUT2D eigenvalue weighted by Gasteiger charge is 2.11. The number of hydrogen-bond donors (Lipinski definition) is 3. The molecule has 0 saturated heterocycles. The van der Waals surface area contributed by atoms with Gasteiger partial charge in [0.2, 0.25) is 0 Å². The normalized spacial score (nSPS) is 14.4. The van der Waals surface area contributed by atoms with Crippen LogP contribution in [0, 0.1) is 0 Å². The van der Waals surface area contributed by atoms with E-state index in [-0.39, 0.29) is 6.03 Å². The van der Waals surface area contributed by atoms with Crippen LogP contribution < -0.4 is 16.0 Å². The molecule has 7 heteroatoms. The molecule has 0 unspecified atom stereocenters. The third kappa shape index (κ3) is 3.36. The summed E-state index contributed by atoms with van der Waals surface area (Å²) in [5, 5.41) is 8.78. The minimum Gasteiger partial charge on any atom is -0.356 e. The van der Waals surface area contributed by atoms with E-state index in [1.54, 1.807) is 18.2 Å². The Morgan fingerprint density at radius 2 is 2.28 bits per heavy atom. The van der Waals surface area contributed by atoms with E-state index in [1.807, 2.05) is 0 Å². The number of nitrogens with one attached hydrogen (secondary N) is 3. The zero-order valence-electron chi connectivity index (χ0n) is 9.46. The lowest BCUT2D eigenvalue weighted by molar-refractivity contribution is 0.255. The molecule has 0 aliphatic carbocycles. The molecular weight excluding hydrogens is 320 g/mol. The molecule has 5 nitrogen and oxygen atoms in total. The number of nitrogens with zero attached hydrogens (tertiary/aromatic N) is 1. The van der Waals surface area contributed by atoms with E-state index in [2.05, 4.69) is 36.9 Å². The van der Waals surface area contributed by atoms with Crippen molar-refractivity contribution in [2.24, 2.45) is 4.99 Å². The number of amides is 2. The molecule has 0 atom stereocenters. The van der Waals surface area contributed by atoms with E-state index in [9.17, 15) is 4.79 Å². The van der Waals surface area contributed by atoms with Gasteiger partial charge >= 0.3 is 6.03 Å². The summed E-state index contributed by atoms with van der Waals surface area (Å²) in [6.07, 6.45) is 0.975. The van der Waals surface area contributed by atoms with Gasteiger partial charge in [-0.15, -0.1) is 0 Å². The largest absolute Gasteiger partial charge is 0.356 e. The minimum atomic E-state index is -0.378. The van der Waals surface area contributed by atoms with Crippen LogP contribution >= 0.6 is 27.5 Å². The molecular formula is C11H12BrClN4O. The fraction of sp³-hybridized carbons (Fsp3) is 0.273. The van der Waals surface area contributed by atoms with Gasteiger partial charge in [0.05, 0.1) is 10.7 Å². The van der Waals surface area contributed by atoms with Crippen LogP contribution in [0.1, 0.15) is 6.42 Å². The minimum absolute atomic E-state index is 0.378. The highest BCUT2D eigenvalue weighted by Crippen LogP contribution is 2.29. The Labute approximate surface area is 118 Å². The topological polar surface area (TPSA) is 65.5 Å². The lowest BCUT2D eigenvalue weighted by Gasteiger charge is -2.16. The second kappa shape index (κ2) is 6.06. The molecule has 96 valence electrons. The van der Waals surface area contributed by atoms with Gasteiger partial charge in [-0.1, -0.05) is 17.7 Å². The van der Waals surface area contributed by atoms with Gasteiger partial charge in [-0.2, -0.15) is 0 Å². The number of carbonyl (C=O) groups is 1. The number of para-hydroxylation sites is 1. The summed E-state index contributed by atoms with van der Waals surface area (Å²) in [5.74, 6) is 0.488. The molecule has 0 fully saturated rings. The second-order valence-electron chi connectivity index (χ2n) is 3.69. The molecule has 1 aliphatic rings. The Hall–Kier alpha value is -1.27. The summed E-state index contributed by atoms with van der Waals surface area (Å²) in [7, 11) is 0. The van der Waals surface area contributed by atoms with Crippen molar-refractivity contribution in [2.75, 3.05) is 18.4 Å². The van der Waals surface area contributed by atoms with Crippen molar-refractivity contribution in [1.82, 2.24) is 10.6 Å². The van der Waals surface area contributed by atoms with Gasteiger partial charge in [0, 0.05) is 17.6 Å². The van der Waals surface area contributed by atoms with Crippen LogP contribution in [0.3, 0.4) is 0 Å². The van der Waals surface area contributed by atoms with E-state index >= 15 is 0 Å². The van der Waals surface area contributed by atoms with E-state index < -0.39 is 0 Å². The van der Waals surface area contributed by atoms with Crippen molar-refractivity contribution in [1.29, 1.82) is 0 Å². The Morgan fingerprint density at radius 1 is 1.44 bits per heavy atom. The molecule has 0 bridgehead atoms. The first-order valence-electron chi connectivity index (χ1n) is 5.47. The zero-order valence-corrected chi connectivity index (χ0v) is 11.8. The first-order chi connectivity index (χ1) is 8.66. The van der Waals surface area contributed by atoms with Gasteiger partial charge in [-0.25, -0.2) is 4.79 Å². The monoisotopic (exact) mass is 330 g/mol. The molecule has 0 spiro atoms. The smallest absolute Gasteiger partial charge is 0.326 e. The van der Waals surface area contributed by atoms with Crippen LogP contribution in [0.15, 0.2) is 27.7 Å². The van der Waals surface area contributed by atoms with Crippen molar-refractivity contribution >= 4 is 45.2 Å². The second-order valence-corrected chi connectivity index (χ2v) is 4.95. The van der Waals surface area contributed by atoms with Crippen molar-refractivity contribution in [3.63, 3.8) is 0 Å². The molecule has 18 heavy (non-hydrogen) atoms. The Morgan fingerprint density at radius 3 is 2.94 bits per heavy atom. The average molecular weight is 332 g/mol. The SMILES string of the molecule is O=C(NC1=NCCCN1)Nc1c(Cl)cccc1Br. The quantitative estimate of drug-likeness (QED) is 0.740. The number of urea groups is 1. The van der Waals surface area contributed by atoms with Crippen LogP contribution in [0.2, 0.25) is 5.02 Å². The van der Waals surface area contributed by atoms with Crippen LogP contribution in [0.25, 0.3) is 0 Å². The molecule has 0 aromatic heterocycles. The van der Waals surface area contributed by atoms with Crippen LogP contribution in [-0.2, 0) is 0 Å². The Kier molecular flexibility index (Phi) is 4.43. The molecule has 0 radical (unpaired) electrons. The van der Waals surface area contributed by atoms with Gasteiger partial charge in [-0.3, -0.25) is 10.3 Å². The van der Waals surface area contributed by atoms with Crippen molar-refractivity contribution in [3.8, 4) is 0 Å². The highest BCUT2D eigenvalue weighted by atomic mass is 79.9. The maximum absolute atomic E-state index is 11.8. The lowest BCUT2D eigenvalue weighted by Crippen LogP contribution is -2.45. The summed E-state index contributed by atoms with van der Waals surface area (Å²) in [6, 6.07) is 4.93. The standard InChI is InChI=1S/C11H12BrClN4O/c12-7-3-1-4-8(13)9(7)16-11(18)17-10-14-5-2-6-15-10/h1,3-4H,2,5-6H2,(H3,14,15,16,17,18). The average Bonchev–Trinajstić information content (AvgIpc) is 2.35. The zero-order chi connectivity index (χ0) is 13.0. The summed E-state index contributed by atoms with van der Waals surface area (Å²) >= 11 is 9.33. The molecule has 1 aromatic rings. The summed E-state index contributed by atoms with van der Waals surface area (Å²) < 4.78 is 0.726. The van der Waals surface area contributed by atoms with Gasteiger partial charge in [0.15, 0.2) is 5.96 Å². The van der Waals surface area contributed by atoms with Gasteiger partial charge < -0.3 is 10.6 Å². The number of carbonyl (C=O) groups excluding carboxylic acids is 1. The predicted octanol–water partition coefficient (Wildman–Crippen LogP) is 2.57. The number of halogens is 2. The predicted molar refractivity (Wildman–Crippen MR) is 76.2 cm³/mol. The number of benzene rings is 1. The number of guanidine groups is 1. The van der Waals surface area contributed by atoms with Crippen molar-refractivity contribution < 1.29 is 4.79 Å². The highest BCUT2D eigenvalue weighted by molar-refractivity contribution is 9.10. The summed E-state index contributed by atoms with van der Waals surface area (Å²) in [5.41, 5.74) is 0.535. The van der Waals surface area contributed by atoms with E-state index in [4.69, 9.17) is 11.6 Å². The molecule has 1 heterocycles. The van der Waals surface area contributed by atoms with Crippen LogP contribution in [0.5, 0.6) is 0 Å². The van der Waals surface area contributed by atoms with E-state index in [0.29, 0.717) is 16.7 Å². The van der Waals surface area contributed by atoms with Crippen LogP contribution in [0.4, 0.5) is 10.5 Å². The first kappa shape index (κ1) is 13.2. The Balaban J connectivity index is 2.01. The van der Waals surface area contributed by atoms with Crippen molar-refractivity contribution in [2.45, 2.75) is 6.42 Å². The maximum Gasteiger partial charge on any atom is 0.326 e. The van der Waals surface area contributed by atoms with Gasteiger partial charge in [0.25, 0.3) is 0 Å². The van der Waals surface area contributed by atoms with E-state index in [0.717, 1.165) is 24.0 Å². The number of anilines is 1.